The molecule has 0 amide bonds. The van der Waals surface area contributed by atoms with Crippen molar-refractivity contribution in [1.29, 1.82) is 0 Å². The maximum Gasteiger partial charge on any atom is 0.266 e. The molecule has 1 heterocycles. The van der Waals surface area contributed by atoms with Crippen LogP contribution in [0.1, 0.15) is 41.0 Å². The molecule has 0 saturated heterocycles. The van der Waals surface area contributed by atoms with Crippen LogP contribution in [0.15, 0.2) is 34.2 Å². The summed E-state index contributed by atoms with van der Waals surface area (Å²) in [4.78, 5) is 4.81. The third kappa shape index (κ3) is 3.97. The Labute approximate surface area is 126 Å². The second-order valence-electron chi connectivity index (χ2n) is 7.24. The predicted molar refractivity (Wildman–Crippen MR) is 86.0 cm³/mol. The van der Waals surface area contributed by atoms with Crippen LogP contribution in [-0.4, -0.2) is 19.9 Å². The zero-order chi connectivity index (χ0) is 15.9. The van der Waals surface area contributed by atoms with Gasteiger partial charge in [0.15, 0.2) is 0 Å². The molecular weight excluding hydrogens is 286 g/mol. The molecule has 21 heavy (non-hydrogen) atoms. The van der Waals surface area contributed by atoms with Gasteiger partial charge in [0, 0.05) is 0 Å². The maximum atomic E-state index is 12.2. The molecule has 0 bridgehead atoms. The second-order valence-corrected chi connectivity index (χ2v) is 8.89. The minimum absolute atomic E-state index is 0.110. The normalized spacial score (nSPS) is 19.6. The SMILES string of the molecule is CC(C)(C)CC(C)(C)N=C1Nc2ccccc2S(=O)(=O)N1. The summed E-state index contributed by atoms with van der Waals surface area (Å²) >= 11 is 0. The number of nitrogens with zero attached hydrogens (tertiary/aromatic N) is 1. The molecular formula is C15H23N3O2S. The summed E-state index contributed by atoms with van der Waals surface area (Å²) in [6.45, 7) is 10.4. The van der Waals surface area contributed by atoms with Crippen molar-refractivity contribution < 1.29 is 8.42 Å². The van der Waals surface area contributed by atoms with Crippen LogP contribution in [0, 0.1) is 5.41 Å². The molecule has 0 spiro atoms. The summed E-state index contributed by atoms with van der Waals surface area (Å²) in [5.41, 5.74) is 0.301. The Hall–Kier alpha value is -1.56. The first-order valence-electron chi connectivity index (χ1n) is 6.97. The Balaban J connectivity index is 2.34. The zero-order valence-electron chi connectivity index (χ0n) is 13.2. The summed E-state index contributed by atoms with van der Waals surface area (Å²) in [7, 11) is -3.55. The molecule has 0 aliphatic carbocycles. The van der Waals surface area contributed by atoms with Gasteiger partial charge in [0.2, 0.25) is 5.96 Å². The van der Waals surface area contributed by atoms with Gasteiger partial charge in [-0.15, -0.1) is 0 Å². The molecule has 0 atom stereocenters. The number of anilines is 1. The molecule has 0 fully saturated rings. The van der Waals surface area contributed by atoms with Crippen molar-refractivity contribution in [3.05, 3.63) is 24.3 Å². The van der Waals surface area contributed by atoms with Crippen molar-refractivity contribution in [2.75, 3.05) is 5.32 Å². The van der Waals surface area contributed by atoms with Gasteiger partial charge in [0.25, 0.3) is 10.0 Å². The van der Waals surface area contributed by atoms with Crippen LogP contribution in [0.4, 0.5) is 5.69 Å². The first-order valence-corrected chi connectivity index (χ1v) is 8.46. The van der Waals surface area contributed by atoms with E-state index >= 15 is 0 Å². The van der Waals surface area contributed by atoms with Crippen LogP contribution in [0.5, 0.6) is 0 Å². The van der Waals surface area contributed by atoms with E-state index in [2.05, 4.69) is 35.8 Å². The number of benzene rings is 1. The number of sulfonamides is 1. The van der Waals surface area contributed by atoms with E-state index in [9.17, 15) is 8.42 Å². The van der Waals surface area contributed by atoms with Crippen LogP contribution >= 0.6 is 0 Å². The zero-order valence-corrected chi connectivity index (χ0v) is 14.0. The molecule has 1 aliphatic heterocycles. The van der Waals surface area contributed by atoms with Crippen LogP contribution in [0.3, 0.4) is 0 Å². The van der Waals surface area contributed by atoms with Crippen molar-refractivity contribution in [2.45, 2.75) is 51.5 Å². The van der Waals surface area contributed by atoms with Crippen LogP contribution in [0.25, 0.3) is 0 Å². The number of hydrogen-bond donors (Lipinski definition) is 2. The van der Waals surface area contributed by atoms with Crippen LogP contribution in [-0.2, 0) is 10.0 Å². The highest BCUT2D eigenvalue weighted by molar-refractivity contribution is 7.90. The Morgan fingerprint density at radius 3 is 2.33 bits per heavy atom. The maximum absolute atomic E-state index is 12.2. The lowest BCUT2D eigenvalue weighted by atomic mass is 9.82. The highest BCUT2D eigenvalue weighted by Gasteiger charge is 2.30. The fourth-order valence-electron chi connectivity index (χ4n) is 2.83. The minimum Gasteiger partial charge on any atom is -0.324 e. The van der Waals surface area contributed by atoms with Crippen molar-refractivity contribution in [3.8, 4) is 0 Å². The van der Waals surface area contributed by atoms with E-state index in [-0.39, 0.29) is 21.8 Å². The van der Waals surface area contributed by atoms with Gasteiger partial charge in [-0.1, -0.05) is 32.9 Å². The van der Waals surface area contributed by atoms with E-state index in [0.717, 1.165) is 6.42 Å². The summed E-state index contributed by atoms with van der Waals surface area (Å²) in [6, 6.07) is 6.80. The minimum atomic E-state index is -3.55. The van der Waals surface area contributed by atoms with E-state index in [1.807, 2.05) is 13.8 Å². The third-order valence-corrected chi connectivity index (χ3v) is 4.44. The predicted octanol–water partition coefficient (Wildman–Crippen LogP) is 2.96. The summed E-state index contributed by atoms with van der Waals surface area (Å²) in [5, 5.41) is 3.05. The fourth-order valence-corrected chi connectivity index (χ4v) is 3.96. The lowest BCUT2D eigenvalue weighted by molar-refractivity contribution is 0.288. The van der Waals surface area contributed by atoms with E-state index in [1.165, 1.54) is 0 Å². The van der Waals surface area contributed by atoms with E-state index < -0.39 is 10.0 Å². The lowest BCUT2D eigenvalue weighted by Gasteiger charge is -2.31. The first-order chi connectivity index (χ1) is 9.49. The molecule has 116 valence electrons. The number of rotatable bonds is 2. The highest BCUT2D eigenvalue weighted by atomic mass is 32.2. The quantitative estimate of drug-likeness (QED) is 0.882. The molecule has 0 aromatic heterocycles. The molecule has 6 heteroatoms. The van der Waals surface area contributed by atoms with Gasteiger partial charge in [-0.25, -0.2) is 18.1 Å². The molecule has 5 nitrogen and oxygen atoms in total. The molecule has 0 radical (unpaired) electrons. The fraction of sp³-hybridized carbons (Fsp3) is 0.533. The van der Waals surface area contributed by atoms with Gasteiger partial charge in [-0.3, -0.25) is 0 Å². The van der Waals surface area contributed by atoms with Gasteiger partial charge >= 0.3 is 0 Å². The molecule has 1 aliphatic rings. The van der Waals surface area contributed by atoms with E-state index in [4.69, 9.17) is 0 Å². The lowest BCUT2D eigenvalue weighted by Crippen LogP contribution is -2.42. The smallest absolute Gasteiger partial charge is 0.266 e. The Bertz CT molecular complexity index is 670. The monoisotopic (exact) mass is 309 g/mol. The number of para-hydroxylation sites is 1. The number of fused-ring (bicyclic) bond motifs is 1. The van der Waals surface area contributed by atoms with Gasteiger partial charge < -0.3 is 5.32 Å². The second kappa shape index (κ2) is 5.02. The Kier molecular flexibility index (Phi) is 3.78. The number of guanidine groups is 1. The van der Waals surface area contributed by atoms with Crippen molar-refractivity contribution in [2.24, 2.45) is 10.4 Å². The summed E-state index contributed by atoms with van der Waals surface area (Å²) < 4.78 is 26.9. The number of aliphatic imine (C=N–C) groups is 1. The molecule has 0 saturated carbocycles. The highest BCUT2D eigenvalue weighted by Crippen LogP contribution is 2.30. The standard InChI is InChI=1S/C15H23N3O2S/c1-14(2,3)10-15(4,5)17-13-16-11-8-6-7-9-12(11)21(19,20)18-13/h6-9H,10H2,1-5H3,(H2,16,17,18). The van der Waals surface area contributed by atoms with Crippen molar-refractivity contribution in [3.63, 3.8) is 0 Å². The molecule has 2 N–H and O–H groups in total. The van der Waals surface area contributed by atoms with E-state index in [1.54, 1.807) is 24.3 Å². The molecule has 2 rings (SSSR count). The van der Waals surface area contributed by atoms with Crippen molar-refractivity contribution in [1.82, 2.24) is 4.72 Å². The Morgan fingerprint density at radius 1 is 1.10 bits per heavy atom. The average molecular weight is 309 g/mol. The summed E-state index contributed by atoms with van der Waals surface area (Å²) in [5.74, 6) is 0.281. The number of hydrogen-bond acceptors (Lipinski definition) is 3. The average Bonchev–Trinajstić information content (AvgIpc) is 2.23. The first kappa shape index (κ1) is 15.8. The van der Waals surface area contributed by atoms with Gasteiger partial charge in [-0.2, -0.15) is 0 Å². The Morgan fingerprint density at radius 2 is 1.71 bits per heavy atom. The van der Waals surface area contributed by atoms with Gasteiger partial charge in [-0.05, 0) is 37.8 Å². The van der Waals surface area contributed by atoms with Crippen LogP contribution in [0.2, 0.25) is 0 Å². The van der Waals surface area contributed by atoms with Gasteiger partial charge in [0.05, 0.1) is 11.2 Å². The van der Waals surface area contributed by atoms with Crippen molar-refractivity contribution >= 4 is 21.7 Å². The molecule has 1 aromatic rings. The summed E-state index contributed by atoms with van der Waals surface area (Å²) in [6.07, 6.45) is 0.842. The van der Waals surface area contributed by atoms with Crippen LogP contribution < -0.4 is 10.0 Å². The molecule has 1 aromatic carbocycles. The topological polar surface area (TPSA) is 70.6 Å². The number of nitrogens with one attached hydrogen (secondary N) is 2. The largest absolute Gasteiger partial charge is 0.324 e. The third-order valence-electron chi connectivity index (χ3n) is 3.04. The van der Waals surface area contributed by atoms with E-state index in [0.29, 0.717) is 5.69 Å². The van der Waals surface area contributed by atoms with Gasteiger partial charge in [0.1, 0.15) is 4.90 Å². The molecule has 0 unspecified atom stereocenters.